The van der Waals surface area contributed by atoms with Gasteiger partial charge in [0.15, 0.2) is 6.10 Å². The number of urea groups is 1. The van der Waals surface area contributed by atoms with E-state index in [0.29, 0.717) is 12.0 Å². The molecule has 0 radical (unpaired) electrons. The monoisotopic (exact) mass is 452 g/mol. The van der Waals surface area contributed by atoms with Crippen molar-refractivity contribution in [3.63, 3.8) is 0 Å². The van der Waals surface area contributed by atoms with E-state index >= 15 is 0 Å². The molecule has 3 rings (SSSR count). The molecule has 0 bridgehead atoms. The minimum atomic E-state index is -4.91. The van der Waals surface area contributed by atoms with Gasteiger partial charge in [0, 0.05) is 5.56 Å². The summed E-state index contributed by atoms with van der Waals surface area (Å²) in [5.74, 6) is -0.284. The SMILES string of the molecule is COc1c(NC(=O)N[C@@H]2Cc3ccccc3[C@H]2O)cc(C(C)(C)C)cc1[C@H](O)C(F)(F)F. The number of aliphatic hydroxyl groups excluding tert-OH is 2. The van der Waals surface area contributed by atoms with Crippen LogP contribution in [0.5, 0.6) is 5.75 Å². The molecule has 4 N–H and O–H groups in total. The van der Waals surface area contributed by atoms with Crippen LogP contribution < -0.4 is 15.4 Å². The molecule has 0 saturated heterocycles. The molecule has 9 heteroatoms. The molecule has 32 heavy (non-hydrogen) atoms. The second-order valence-corrected chi connectivity index (χ2v) is 8.89. The first-order valence-corrected chi connectivity index (χ1v) is 10.1. The Morgan fingerprint density at radius 3 is 2.41 bits per heavy atom. The van der Waals surface area contributed by atoms with Crippen molar-refractivity contribution in [1.82, 2.24) is 5.32 Å². The molecule has 0 fully saturated rings. The van der Waals surface area contributed by atoms with Crippen LogP contribution in [0.4, 0.5) is 23.7 Å². The third kappa shape index (κ3) is 4.83. The standard InChI is InChI=1S/C23H27F3N2O4/c1-22(2,3)13-10-15(20(30)23(24,25)26)19(32-4)17(11-13)28-21(31)27-16-9-12-7-5-6-8-14(12)18(16)29/h5-8,10-11,16,18,20,29-30H,9H2,1-4H3,(H2,27,28,31)/t16-,18-,20+/m1/s1. The van der Waals surface area contributed by atoms with Crippen molar-refractivity contribution >= 4 is 11.7 Å². The largest absolute Gasteiger partial charge is 0.494 e. The third-order valence-electron chi connectivity index (χ3n) is 5.55. The Morgan fingerprint density at radius 1 is 1.19 bits per heavy atom. The number of benzene rings is 2. The highest BCUT2D eigenvalue weighted by Crippen LogP contribution is 2.43. The molecule has 2 aromatic carbocycles. The number of halogens is 3. The summed E-state index contributed by atoms with van der Waals surface area (Å²) in [5.41, 5.74) is 1.04. The van der Waals surface area contributed by atoms with Crippen molar-refractivity contribution in [3.8, 4) is 5.75 Å². The average molecular weight is 452 g/mol. The molecule has 0 unspecified atom stereocenters. The number of methoxy groups -OCH3 is 1. The molecule has 1 aliphatic carbocycles. The molecule has 3 atom stereocenters. The maximum atomic E-state index is 13.3. The number of anilines is 1. The van der Waals surface area contributed by atoms with E-state index in [1.165, 1.54) is 19.2 Å². The van der Waals surface area contributed by atoms with Crippen LogP contribution in [-0.4, -0.2) is 35.6 Å². The fraction of sp³-hybridized carbons (Fsp3) is 0.435. The maximum Gasteiger partial charge on any atom is 0.418 e. The Balaban J connectivity index is 1.90. The summed E-state index contributed by atoms with van der Waals surface area (Å²) < 4.78 is 45.0. The number of nitrogens with one attached hydrogen (secondary N) is 2. The van der Waals surface area contributed by atoms with E-state index in [9.17, 15) is 28.2 Å². The highest BCUT2D eigenvalue weighted by Gasteiger charge is 2.42. The molecule has 2 aromatic rings. The number of fused-ring (bicyclic) bond motifs is 1. The van der Waals surface area contributed by atoms with Crippen LogP contribution in [0.15, 0.2) is 36.4 Å². The zero-order chi connectivity index (χ0) is 23.8. The number of hydrogen-bond donors (Lipinski definition) is 4. The van der Waals surface area contributed by atoms with Crippen molar-refractivity contribution < 1.29 is 32.9 Å². The first kappa shape index (κ1) is 23.9. The molecule has 2 amide bonds. The van der Waals surface area contributed by atoms with E-state index in [1.54, 1.807) is 32.9 Å². The van der Waals surface area contributed by atoms with Gasteiger partial charge in [-0.3, -0.25) is 0 Å². The van der Waals surface area contributed by atoms with Crippen molar-refractivity contribution in [2.24, 2.45) is 0 Å². The zero-order valence-corrected chi connectivity index (χ0v) is 18.2. The lowest BCUT2D eigenvalue weighted by molar-refractivity contribution is -0.207. The van der Waals surface area contributed by atoms with Crippen molar-refractivity contribution in [2.45, 2.75) is 57.0 Å². The molecule has 0 heterocycles. The van der Waals surface area contributed by atoms with Crippen LogP contribution in [-0.2, 0) is 11.8 Å². The van der Waals surface area contributed by atoms with Gasteiger partial charge in [0.1, 0.15) is 5.75 Å². The van der Waals surface area contributed by atoms with E-state index in [1.807, 2.05) is 12.1 Å². The van der Waals surface area contributed by atoms with Crippen LogP contribution in [0, 0.1) is 0 Å². The second-order valence-electron chi connectivity index (χ2n) is 8.89. The number of amides is 2. The number of alkyl halides is 3. The predicted octanol–water partition coefficient (Wildman–Crippen LogP) is 4.37. The first-order valence-electron chi connectivity index (χ1n) is 10.1. The van der Waals surface area contributed by atoms with Crippen LogP contribution in [0.25, 0.3) is 0 Å². The zero-order valence-electron chi connectivity index (χ0n) is 18.2. The Bertz CT molecular complexity index is 1000. The molecule has 174 valence electrons. The molecule has 0 saturated carbocycles. The van der Waals surface area contributed by atoms with E-state index in [2.05, 4.69) is 10.6 Å². The molecule has 0 aliphatic heterocycles. The Labute approximate surface area is 184 Å². The minimum Gasteiger partial charge on any atom is -0.494 e. The Morgan fingerprint density at radius 2 is 1.84 bits per heavy atom. The van der Waals surface area contributed by atoms with E-state index in [4.69, 9.17) is 4.74 Å². The summed E-state index contributed by atoms with van der Waals surface area (Å²) in [7, 11) is 1.17. The van der Waals surface area contributed by atoms with Crippen LogP contribution >= 0.6 is 0 Å². The molecular formula is C23H27F3N2O4. The van der Waals surface area contributed by atoms with Crippen LogP contribution in [0.2, 0.25) is 0 Å². The summed E-state index contributed by atoms with van der Waals surface area (Å²) in [6.07, 6.45) is -8.18. The lowest BCUT2D eigenvalue weighted by Gasteiger charge is -2.26. The summed E-state index contributed by atoms with van der Waals surface area (Å²) in [4.78, 5) is 12.7. The number of rotatable bonds is 4. The fourth-order valence-corrected chi connectivity index (χ4v) is 3.82. The number of aliphatic hydroxyl groups is 2. The second kappa shape index (κ2) is 8.63. The molecule has 6 nitrogen and oxygen atoms in total. The van der Waals surface area contributed by atoms with E-state index in [0.717, 1.165) is 11.1 Å². The average Bonchev–Trinajstić information content (AvgIpc) is 3.01. The topological polar surface area (TPSA) is 90.8 Å². The predicted molar refractivity (Wildman–Crippen MR) is 114 cm³/mol. The van der Waals surface area contributed by atoms with Gasteiger partial charge in [-0.05, 0) is 40.7 Å². The van der Waals surface area contributed by atoms with Gasteiger partial charge in [-0.25, -0.2) is 4.79 Å². The maximum absolute atomic E-state index is 13.3. The van der Waals surface area contributed by atoms with Gasteiger partial charge in [0.2, 0.25) is 0 Å². The number of ether oxygens (including phenoxy) is 1. The molecule has 1 aliphatic rings. The Kier molecular flexibility index (Phi) is 6.44. The van der Waals surface area contributed by atoms with Crippen LogP contribution in [0.3, 0.4) is 0 Å². The minimum absolute atomic E-state index is 0.0132. The lowest BCUT2D eigenvalue weighted by Crippen LogP contribution is -2.40. The first-order chi connectivity index (χ1) is 14.8. The number of carbonyl (C=O) groups excluding carboxylic acids is 1. The molecule has 0 aromatic heterocycles. The summed E-state index contributed by atoms with van der Waals surface area (Å²) >= 11 is 0. The van der Waals surface area contributed by atoms with Gasteiger partial charge in [0.25, 0.3) is 0 Å². The third-order valence-corrected chi connectivity index (χ3v) is 5.55. The number of hydrogen-bond acceptors (Lipinski definition) is 4. The van der Waals surface area contributed by atoms with Gasteiger partial charge in [-0.2, -0.15) is 13.2 Å². The van der Waals surface area contributed by atoms with Gasteiger partial charge >= 0.3 is 12.2 Å². The highest BCUT2D eigenvalue weighted by atomic mass is 19.4. The number of carbonyl (C=O) groups is 1. The molecule has 0 spiro atoms. The van der Waals surface area contributed by atoms with Crippen molar-refractivity contribution in [2.75, 3.05) is 12.4 Å². The van der Waals surface area contributed by atoms with Crippen molar-refractivity contribution in [1.29, 1.82) is 0 Å². The summed E-state index contributed by atoms with van der Waals surface area (Å²) in [6.45, 7) is 5.40. The Hall–Kier alpha value is -2.78. The van der Waals surface area contributed by atoms with Gasteiger partial charge < -0.3 is 25.6 Å². The fourth-order valence-electron chi connectivity index (χ4n) is 3.82. The van der Waals surface area contributed by atoms with Gasteiger partial charge in [0.05, 0.1) is 24.9 Å². The van der Waals surface area contributed by atoms with Gasteiger partial charge in [-0.1, -0.05) is 45.0 Å². The van der Waals surface area contributed by atoms with Crippen LogP contribution in [0.1, 0.15) is 55.2 Å². The van der Waals surface area contributed by atoms with Gasteiger partial charge in [-0.15, -0.1) is 0 Å². The normalized spacial score (nSPS) is 19.3. The van der Waals surface area contributed by atoms with Crippen molar-refractivity contribution in [3.05, 3.63) is 58.7 Å². The van der Waals surface area contributed by atoms with E-state index in [-0.39, 0.29) is 11.4 Å². The molecular weight excluding hydrogens is 425 g/mol. The summed E-state index contributed by atoms with van der Waals surface area (Å²) in [5, 5.41) is 25.6. The highest BCUT2D eigenvalue weighted by molar-refractivity contribution is 5.92. The lowest BCUT2D eigenvalue weighted by atomic mass is 9.84. The van der Waals surface area contributed by atoms with E-state index < -0.39 is 41.4 Å². The summed E-state index contributed by atoms with van der Waals surface area (Å²) in [6, 6.07) is 8.72. The smallest absolute Gasteiger partial charge is 0.418 e. The quantitative estimate of drug-likeness (QED) is 0.555.